The van der Waals surface area contributed by atoms with Crippen LogP contribution in [0.3, 0.4) is 0 Å². The van der Waals surface area contributed by atoms with E-state index in [1.54, 1.807) is 0 Å². The Morgan fingerprint density at radius 1 is 1.30 bits per heavy atom. The van der Waals surface area contributed by atoms with Gasteiger partial charge in [0.2, 0.25) is 0 Å². The fourth-order valence-electron chi connectivity index (χ4n) is 1.35. The Kier molecular flexibility index (Phi) is 6.03. The van der Waals surface area contributed by atoms with Crippen LogP contribution in [-0.2, 0) is 0 Å². The third-order valence-corrected chi connectivity index (χ3v) is 4.65. The molecule has 0 aliphatic carbocycles. The average Bonchev–Trinajstić information content (AvgIpc) is 1.87. The molecular formula is C8H20OSi. The molecular weight excluding hydrogens is 140 g/mol. The SMILES string of the molecule is CCCC(CCO)[SiH](C)C. The highest BCUT2D eigenvalue weighted by Crippen LogP contribution is 2.20. The summed E-state index contributed by atoms with van der Waals surface area (Å²) in [5, 5.41) is 8.73. The molecule has 0 saturated heterocycles. The van der Waals surface area contributed by atoms with E-state index in [1.807, 2.05) is 0 Å². The molecule has 0 fully saturated rings. The van der Waals surface area contributed by atoms with E-state index in [-0.39, 0.29) is 0 Å². The quantitative estimate of drug-likeness (QED) is 0.610. The lowest BCUT2D eigenvalue weighted by Crippen LogP contribution is -2.13. The molecule has 2 heteroatoms. The monoisotopic (exact) mass is 160 g/mol. The van der Waals surface area contributed by atoms with Gasteiger partial charge in [-0.15, -0.1) is 0 Å². The molecule has 0 amide bonds. The molecule has 1 unspecified atom stereocenters. The Morgan fingerprint density at radius 3 is 2.20 bits per heavy atom. The van der Waals surface area contributed by atoms with Gasteiger partial charge in [0.1, 0.15) is 0 Å². The third-order valence-electron chi connectivity index (χ3n) is 2.10. The lowest BCUT2D eigenvalue weighted by Gasteiger charge is -2.17. The summed E-state index contributed by atoms with van der Waals surface area (Å²) >= 11 is 0. The van der Waals surface area contributed by atoms with Crippen molar-refractivity contribution in [3.05, 3.63) is 0 Å². The Hall–Kier alpha value is 0.177. The maximum atomic E-state index is 8.73. The molecule has 0 bridgehead atoms. The highest BCUT2D eigenvalue weighted by atomic mass is 28.3. The molecule has 0 rings (SSSR count). The molecule has 1 atom stereocenters. The molecule has 0 saturated carbocycles. The molecule has 0 aliphatic heterocycles. The maximum Gasteiger partial charge on any atom is 0.0430 e. The zero-order valence-corrected chi connectivity index (χ0v) is 8.59. The van der Waals surface area contributed by atoms with Crippen molar-refractivity contribution in [2.45, 2.75) is 44.8 Å². The summed E-state index contributed by atoms with van der Waals surface area (Å²) in [5.74, 6) is 0. The number of aliphatic hydroxyl groups is 1. The van der Waals surface area contributed by atoms with Crippen LogP contribution in [0.1, 0.15) is 26.2 Å². The first kappa shape index (κ1) is 10.2. The van der Waals surface area contributed by atoms with E-state index in [0.29, 0.717) is 6.61 Å². The molecule has 0 heterocycles. The molecule has 1 N–H and O–H groups in total. The minimum Gasteiger partial charge on any atom is -0.396 e. The summed E-state index contributed by atoms with van der Waals surface area (Å²) < 4.78 is 0. The van der Waals surface area contributed by atoms with Crippen LogP contribution in [0.5, 0.6) is 0 Å². The Morgan fingerprint density at radius 2 is 1.90 bits per heavy atom. The summed E-state index contributed by atoms with van der Waals surface area (Å²) in [6.07, 6.45) is 3.64. The van der Waals surface area contributed by atoms with Crippen molar-refractivity contribution < 1.29 is 5.11 Å². The number of hydrogen-bond acceptors (Lipinski definition) is 1. The van der Waals surface area contributed by atoms with Crippen molar-refractivity contribution in [2.24, 2.45) is 0 Å². The fourth-order valence-corrected chi connectivity index (χ4v) is 3.16. The van der Waals surface area contributed by atoms with E-state index >= 15 is 0 Å². The van der Waals surface area contributed by atoms with Gasteiger partial charge in [-0.25, -0.2) is 0 Å². The summed E-state index contributed by atoms with van der Waals surface area (Å²) in [4.78, 5) is 0. The second kappa shape index (κ2) is 5.92. The van der Waals surface area contributed by atoms with Crippen molar-refractivity contribution in [1.82, 2.24) is 0 Å². The first-order chi connectivity index (χ1) is 4.72. The zero-order chi connectivity index (χ0) is 7.98. The van der Waals surface area contributed by atoms with E-state index in [4.69, 9.17) is 5.11 Å². The second-order valence-electron chi connectivity index (χ2n) is 3.31. The van der Waals surface area contributed by atoms with E-state index in [9.17, 15) is 0 Å². The first-order valence-corrected chi connectivity index (χ1v) is 7.30. The first-order valence-electron chi connectivity index (χ1n) is 4.33. The molecule has 0 aliphatic rings. The standard InChI is InChI=1S/C8H20OSi/c1-4-5-8(6-7-9)10(2)3/h8-10H,4-7H2,1-3H3. The van der Waals surface area contributed by atoms with Crippen LogP contribution < -0.4 is 0 Å². The van der Waals surface area contributed by atoms with Crippen LogP contribution in [0.2, 0.25) is 18.6 Å². The van der Waals surface area contributed by atoms with Gasteiger partial charge in [0, 0.05) is 15.4 Å². The van der Waals surface area contributed by atoms with Crippen LogP contribution in [0.25, 0.3) is 0 Å². The summed E-state index contributed by atoms with van der Waals surface area (Å²) in [7, 11) is -0.481. The summed E-state index contributed by atoms with van der Waals surface area (Å²) in [6, 6.07) is 0. The van der Waals surface area contributed by atoms with Crippen molar-refractivity contribution in [1.29, 1.82) is 0 Å². The van der Waals surface area contributed by atoms with Gasteiger partial charge in [0.15, 0.2) is 0 Å². The predicted octanol–water partition coefficient (Wildman–Crippen LogP) is 2.03. The largest absolute Gasteiger partial charge is 0.396 e. The smallest absolute Gasteiger partial charge is 0.0430 e. The van der Waals surface area contributed by atoms with Crippen molar-refractivity contribution in [2.75, 3.05) is 6.61 Å². The number of rotatable bonds is 5. The molecule has 0 spiro atoms. The molecule has 0 aromatic carbocycles. The van der Waals surface area contributed by atoms with E-state index in [1.165, 1.54) is 12.8 Å². The van der Waals surface area contributed by atoms with E-state index in [2.05, 4.69) is 20.0 Å². The zero-order valence-electron chi connectivity index (χ0n) is 7.43. The molecule has 0 aromatic rings. The van der Waals surface area contributed by atoms with Gasteiger partial charge in [-0.2, -0.15) is 0 Å². The highest BCUT2D eigenvalue weighted by molar-refractivity contribution is 6.57. The summed E-state index contributed by atoms with van der Waals surface area (Å²) in [6.45, 7) is 7.35. The Balaban J connectivity index is 3.50. The van der Waals surface area contributed by atoms with Crippen LogP contribution in [0, 0.1) is 0 Å². The number of aliphatic hydroxyl groups excluding tert-OH is 1. The van der Waals surface area contributed by atoms with Crippen molar-refractivity contribution in [3.8, 4) is 0 Å². The lowest BCUT2D eigenvalue weighted by atomic mass is 10.2. The average molecular weight is 160 g/mol. The highest BCUT2D eigenvalue weighted by Gasteiger charge is 2.11. The van der Waals surface area contributed by atoms with Gasteiger partial charge in [-0.05, 0) is 12.0 Å². The Labute approximate surface area is 66.1 Å². The third kappa shape index (κ3) is 4.07. The van der Waals surface area contributed by atoms with Gasteiger partial charge in [-0.1, -0.05) is 32.9 Å². The van der Waals surface area contributed by atoms with Gasteiger partial charge in [-0.3, -0.25) is 0 Å². The van der Waals surface area contributed by atoms with Crippen LogP contribution in [-0.4, -0.2) is 20.5 Å². The predicted molar refractivity (Wildman–Crippen MR) is 49.2 cm³/mol. The normalized spacial score (nSPS) is 14.1. The molecule has 1 nitrogen and oxygen atoms in total. The Bertz CT molecular complexity index is 67.7. The number of hydrogen-bond donors (Lipinski definition) is 1. The summed E-state index contributed by atoms with van der Waals surface area (Å²) in [5.41, 5.74) is 0.870. The van der Waals surface area contributed by atoms with Gasteiger partial charge in [0.25, 0.3) is 0 Å². The lowest BCUT2D eigenvalue weighted by molar-refractivity contribution is 0.282. The molecule has 0 aromatic heterocycles. The molecule has 10 heavy (non-hydrogen) atoms. The minimum absolute atomic E-state index is 0.385. The van der Waals surface area contributed by atoms with Crippen molar-refractivity contribution in [3.63, 3.8) is 0 Å². The van der Waals surface area contributed by atoms with E-state index in [0.717, 1.165) is 12.0 Å². The topological polar surface area (TPSA) is 20.2 Å². The maximum absolute atomic E-state index is 8.73. The van der Waals surface area contributed by atoms with Crippen LogP contribution in [0.15, 0.2) is 0 Å². The second-order valence-corrected chi connectivity index (χ2v) is 6.74. The minimum atomic E-state index is -0.481. The van der Waals surface area contributed by atoms with Crippen LogP contribution in [0.4, 0.5) is 0 Å². The van der Waals surface area contributed by atoms with Crippen molar-refractivity contribution >= 4 is 8.80 Å². The van der Waals surface area contributed by atoms with Gasteiger partial charge in [0.05, 0.1) is 0 Å². The van der Waals surface area contributed by atoms with Crippen LogP contribution >= 0.6 is 0 Å². The molecule has 62 valence electrons. The fraction of sp³-hybridized carbons (Fsp3) is 1.00. The molecule has 0 radical (unpaired) electrons. The van der Waals surface area contributed by atoms with Gasteiger partial charge >= 0.3 is 0 Å². The van der Waals surface area contributed by atoms with E-state index < -0.39 is 8.80 Å². The van der Waals surface area contributed by atoms with Gasteiger partial charge < -0.3 is 5.11 Å².